The molecule has 0 aliphatic carbocycles. The summed E-state index contributed by atoms with van der Waals surface area (Å²) in [5, 5.41) is 20.4. The van der Waals surface area contributed by atoms with Crippen LogP contribution in [0.15, 0.2) is 48.7 Å². The van der Waals surface area contributed by atoms with Crippen LogP contribution in [0.5, 0.6) is 5.75 Å². The molecule has 31 heavy (non-hydrogen) atoms. The van der Waals surface area contributed by atoms with Crippen molar-refractivity contribution in [1.29, 1.82) is 0 Å². The van der Waals surface area contributed by atoms with Gasteiger partial charge in [-0.15, -0.1) is 10.2 Å². The summed E-state index contributed by atoms with van der Waals surface area (Å²) in [4.78, 5) is 9.11. The van der Waals surface area contributed by atoms with Crippen LogP contribution in [0, 0.1) is 0 Å². The van der Waals surface area contributed by atoms with E-state index in [1.807, 2.05) is 18.3 Å². The van der Waals surface area contributed by atoms with Gasteiger partial charge >= 0.3 is 18.9 Å². The Morgan fingerprint density at radius 3 is 2.29 bits per heavy atom. The van der Waals surface area contributed by atoms with E-state index in [1.165, 1.54) is 11.8 Å². The summed E-state index contributed by atoms with van der Waals surface area (Å²) in [5.41, 5.74) is 10.3. The molecular formula is C23H27LiN6O. The van der Waals surface area contributed by atoms with Crippen LogP contribution in [0.1, 0.15) is 26.5 Å². The summed E-state index contributed by atoms with van der Waals surface area (Å²) in [5.74, 6) is 0.314. The number of pyridine rings is 1. The molecule has 1 aliphatic heterocycles. The number of nitrogens with zero attached hydrogens (tertiary/aromatic N) is 5. The van der Waals surface area contributed by atoms with E-state index in [-0.39, 0.29) is 30.0 Å². The average molecular weight is 410 g/mol. The van der Waals surface area contributed by atoms with Crippen molar-refractivity contribution in [2.45, 2.75) is 26.2 Å². The molecule has 2 aromatic heterocycles. The molecule has 0 radical (unpaired) electrons. The number of anilines is 3. The average Bonchev–Trinajstić information content (AvgIpc) is 2.74. The number of rotatable bonds is 3. The molecule has 7 nitrogen and oxygen atoms in total. The number of piperazine rings is 1. The van der Waals surface area contributed by atoms with Gasteiger partial charge in [0.1, 0.15) is 0 Å². The standard InChI is InChI=1S/C23H28N6O.Li/c1-23(2,3)21-14-16(8-9-25-21)28-10-12-29(13-11-28)19-15-18(26-27-22(19)24)17-6-4-5-7-20(17)30;/h4-9,14-15,30H,10-13H2,1-3H3,(H2,24,27);/q;+1/p-1. The molecule has 1 saturated heterocycles. The molecule has 2 N–H and O–H groups in total. The van der Waals surface area contributed by atoms with E-state index in [2.05, 4.69) is 57.9 Å². The van der Waals surface area contributed by atoms with Crippen LogP contribution >= 0.6 is 0 Å². The van der Waals surface area contributed by atoms with E-state index in [9.17, 15) is 5.11 Å². The van der Waals surface area contributed by atoms with E-state index in [1.54, 1.807) is 12.1 Å². The van der Waals surface area contributed by atoms with Gasteiger partial charge in [0.05, 0.1) is 11.4 Å². The van der Waals surface area contributed by atoms with Crippen molar-refractivity contribution in [2.75, 3.05) is 41.7 Å². The van der Waals surface area contributed by atoms with Crippen molar-refractivity contribution in [2.24, 2.45) is 0 Å². The molecule has 3 heterocycles. The third kappa shape index (κ3) is 4.95. The molecule has 1 aliphatic rings. The number of hydrogen-bond acceptors (Lipinski definition) is 7. The third-order valence-electron chi connectivity index (χ3n) is 5.46. The molecule has 0 atom stereocenters. The van der Waals surface area contributed by atoms with Gasteiger partial charge in [-0.3, -0.25) is 4.98 Å². The monoisotopic (exact) mass is 410 g/mol. The maximum Gasteiger partial charge on any atom is 1.00 e. The molecule has 0 unspecified atom stereocenters. The number of nitrogen functional groups attached to an aromatic ring is 1. The Morgan fingerprint density at radius 2 is 1.61 bits per heavy atom. The normalized spacial score (nSPS) is 14.3. The molecule has 0 bridgehead atoms. The summed E-state index contributed by atoms with van der Waals surface area (Å²) in [6.45, 7) is 9.87. The van der Waals surface area contributed by atoms with Gasteiger partial charge in [0, 0.05) is 49.2 Å². The van der Waals surface area contributed by atoms with Crippen LogP contribution in [-0.2, 0) is 5.41 Å². The molecule has 0 spiro atoms. The van der Waals surface area contributed by atoms with E-state index >= 15 is 0 Å². The zero-order chi connectivity index (χ0) is 21.3. The van der Waals surface area contributed by atoms with Crippen LogP contribution in [0.25, 0.3) is 11.3 Å². The molecule has 1 fully saturated rings. The Bertz CT molecular complexity index is 1040. The van der Waals surface area contributed by atoms with Crippen LogP contribution in [0.3, 0.4) is 0 Å². The molecule has 1 aromatic carbocycles. The Kier molecular flexibility index (Phi) is 6.78. The van der Waals surface area contributed by atoms with Crippen molar-refractivity contribution < 1.29 is 24.0 Å². The first kappa shape index (κ1) is 22.9. The Balaban J connectivity index is 0.00000272. The van der Waals surface area contributed by atoms with Crippen molar-refractivity contribution in [3.05, 3.63) is 54.4 Å². The van der Waals surface area contributed by atoms with E-state index in [4.69, 9.17) is 5.73 Å². The molecular weight excluding hydrogens is 383 g/mol. The number of hydrogen-bond donors (Lipinski definition) is 1. The number of para-hydroxylation sites is 1. The Morgan fingerprint density at radius 1 is 0.935 bits per heavy atom. The quantitative estimate of drug-likeness (QED) is 0.599. The predicted octanol–water partition coefficient (Wildman–Crippen LogP) is -0.177. The van der Waals surface area contributed by atoms with Gasteiger partial charge in [0.15, 0.2) is 5.82 Å². The fourth-order valence-electron chi connectivity index (χ4n) is 3.69. The second kappa shape index (κ2) is 9.17. The maximum absolute atomic E-state index is 12.2. The third-order valence-corrected chi connectivity index (χ3v) is 5.46. The molecule has 8 heteroatoms. The van der Waals surface area contributed by atoms with Gasteiger partial charge in [0.25, 0.3) is 0 Å². The van der Waals surface area contributed by atoms with Crippen molar-refractivity contribution >= 4 is 17.2 Å². The Labute approximate surface area is 195 Å². The minimum atomic E-state index is -0.0697. The van der Waals surface area contributed by atoms with Crippen molar-refractivity contribution in [3.8, 4) is 17.0 Å². The van der Waals surface area contributed by atoms with Gasteiger partial charge in [-0.2, -0.15) is 0 Å². The zero-order valence-electron chi connectivity index (χ0n) is 18.7. The summed E-state index contributed by atoms with van der Waals surface area (Å²) >= 11 is 0. The Hall–Kier alpha value is -2.75. The van der Waals surface area contributed by atoms with Crippen LogP contribution in [-0.4, -0.2) is 41.4 Å². The van der Waals surface area contributed by atoms with Crippen LogP contribution in [0.2, 0.25) is 0 Å². The SMILES string of the molecule is CC(C)(C)c1cc(N2CCN(c3cc(-c4ccccc4[O-])nnc3N)CC2)ccn1.[Li+]. The molecule has 0 amide bonds. The minimum absolute atomic E-state index is 0. The fraction of sp³-hybridized carbons (Fsp3) is 0.348. The number of aromatic nitrogens is 3. The minimum Gasteiger partial charge on any atom is -0.872 e. The van der Waals surface area contributed by atoms with Gasteiger partial charge in [-0.25, -0.2) is 0 Å². The molecule has 156 valence electrons. The van der Waals surface area contributed by atoms with Gasteiger partial charge < -0.3 is 20.6 Å². The maximum atomic E-state index is 12.2. The van der Waals surface area contributed by atoms with Crippen LogP contribution < -0.4 is 39.5 Å². The molecule has 3 aromatic rings. The van der Waals surface area contributed by atoms with Gasteiger partial charge in [0.2, 0.25) is 0 Å². The largest absolute Gasteiger partial charge is 1.00 e. The van der Waals surface area contributed by atoms with E-state index < -0.39 is 0 Å². The first-order valence-electron chi connectivity index (χ1n) is 10.2. The van der Waals surface area contributed by atoms with E-state index in [0.717, 1.165) is 37.6 Å². The second-order valence-corrected chi connectivity index (χ2v) is 8.62. The zero-order valence-corrected chi connectivity index (χ0v) is 18.7. The first-order chi connectivity index (χ1) is 14.3. The fourth-order valence-corrected chi connectivity index (χ4v) is 3.69. The number of nitrogens with two attached hydrogens (primary N) is 1. The molecule has 0 saturated carbocycles. The van der Waals surface area contributed by atoms with Crippen LogP contribution in [0.4, 0.5) is 17.2 Å². The number of benzene rings is 1. The van der Waals surface area contributed by atoms with E-state index in [0.29, 0.717) is 17.1 Å². The first-order valence-corrected chi connectivity index (χ1v) is 10.2. The summed E-state index contributed by atoms with van der Waals surface area (Å²) in [6, 6.07) is 13.0. The summed E-state index contributed by atoms with van der Waals surface area (Å²) in [7, 11) is 0. The van der Waals surface area contributed by atoms with Gasteiger partial charge in [-0.1, -0.05) is 50.8 Å². The smallest absolute Gasteiger partial charge is 0.872 e. The predicted molar refractivity (Wildman–Crippen MR) is 119 cm³/mol. The second-order valence-electron chi connectivity index (χ2n) is 8.62. The summed E-state index contributed by atoms with van der Waals surface area (Å²) < 4.78 is 0. The van der Waals surface area contributed by atoms with Crippen molar-refractivity contribution in [1.82, 2.24) is 15.2 Å². The summed E-state index contributed by atoms with van der Waals surface area (Å²) in [6.07, 6.45) is 1.89. The van der Waals surface area contributed by atoms with Crippen molar-refractivity contribution in [3.63, 3.8) is 0 Å². The molecule has 4 rings (SSSR count). The van der Waals surface area contributed by atoms with Gasteiger partial charge in [-0.05, 0) is 23.8 Å². The topological polar surface area (TPSA) is 94.2 Å².